The van der Waals surface area contributed by atoms with Gasteiger partial charge in [-0.2, -0.15) is 0 Å². The van der Waals surface area contributed by atoms with Crippen LogP contribution < -0.4 is 10.2 Å². The Bertz CT molecular complexity index is 1020. The Kier molecular flexibility index (Phi) is 6.10. The Labute approximate surface area is 172 Å². The number of anilines is 2. The summed E-state index contributed by atoms with van der Waals surface area (Å²) >= 11 is 0. The molecule has 0 saturated carbocycles. The third kappa shape index (κ3) is 4.80. The first-order valence-corrected chi connectivity index (χ1v) is 9.33. The van der Waals surface area contributed by atoms with Crippen LogP contribution in [0.1, 0.15) is 17.5 Å². The van der Waals surface area contributed by atoms with Crippen molar-refractivity contribution in [1.29, 1.82) is 0 Å². The van der Waals surface area contributed by atoms with Crippen molar-refractivity contribution in [1.82, 2.24) is 0 Å². The van der Waals surface area contributed by atoms with Crippen LogP contribution in [-0.2, 0) is 19.1 Å². The topological polar surface area (TPSA) is 119 Å². The minimum absolute atomic E-state index is 0.0391. The highest BCUT2D eigenvalue weighted by Crippen LogP contribution is 2.30. The van der Waals surface area contributed by atoms with E-state index in [1.807, 2.05) is 13.0 Å². The molecule has 0 spiro atoms. The molecule has 0 aliphatic carbocycles. The highest BCUT2D eigenvalue weighted by molar-refractivity contribution is 6.00. The number of esters is 1. The van der Waals surface area contributed by atoms with Gasteiger partial charge in [-0.05, 0) is 37.6 Å². The third-order valence-corrected chi connectivity index (χ3v) is 4.81. The molecule has 2 aromatic carbocycles. The zero-order valence-corrected chi connectivity index (χ0v) is 16.6. The van der Waals surface area contributed by atoms with Gasteiger partial charge in [0.15, 0.2) is 6.61 Å². The minimum Gasteiger partial charge on any atom is -0.455 e. The van der Waals surface area contributed by atoms with Crippen LogP contribution in [0.25, 0.3) is 0 Å². The van der Waals surface area contributed by atoms with Crippen LogP contribution in [0, 0.1) is 29.9 Å². The van der Waals surface area contributed by atoms with Crippen LogP contribution in [0.2, 0.25) is 0 Å². The predicted octanol–water partition coefficient (Wildman–Crippen LogP) is 2.75. The number of ether oxygens (including phenoxy) is 1. The smallest absolute Gasteiger partial charge is 0.311 e. The van der Waals surface area contributed by atoms with Crippen molar-refractivity contribution in [3.8, 4) is 0 Å². The third-order valence-electron chi connectivity index (χ3n) is 4.81. The molecule has 0 bridgehead atoms. The van der Waals surface area contributed by atoms with Gasteiger partial charge >= 0.3 is 5.97 Å². The van der Waals surface area contributed by atoms with E-state index in [1.165, 1.54) is 11.0 Å². The minimum atomic E-state index is -0.746. The summed E-state index contributed by atoms with van der Waals surface area (Å²) in [4.78, 5) is 48.6. The summed E-state index contributed by atoms with van der Waals surface area (Å²) in [6.07, 6.45) is -0.0833. The molecule has 0 aromatic heterocycles. The predicted molar refractivity (Wildman–Crippen MR) is 109 cm³/mol. The molecule has 1 N–H and O–H groups in total. The van der Waals surface area contributed by atoms with E-state index in [0.717, 1.165) is 5.56 Å². The maximum Gasteiger partial charge on any atom is 0.311 e. The molecule has 9 heteroatoms. The molecule has 1 fully saturated rings. The quantitative estimate of drug-likeness (QED) is 0.443. The van der Waals surface area contributed by atoms with Crippen molar-refractivity contribution in [2.45, 2.75) is 20.3 Å². The lowest BCUT2D eigenvalue weighted by molar-refractivity contribution is -0.385. The standard InChI is InChI=1S/C21H21N3O6/c1-13-4-3-5-16(8-13)22-19(25)12-30-21(27)15-9-20(26)23(11-15)17-7-6-14(2)18(10-17)24(28)29/h3-8,10,15H,9,11-12H2,1-2H3,(H,22,25)/t15-/m1/s1. The largest absolute Gasteiger partial charge is 0.455 e. The normalized spacial score (nSPS) is 15.7. The number of amides is 2. The van der Waals surface area contributed by atoms with Crippen molar-refractivity contribution in [2.24, 2.45) is 5.92 Å². The molecular formula is C21H21N3O6. The first-order valence-electron chi connectivity index (χ1n) is 9.33. The van der Waals surface area contributed by atoms with E-state index < -0.39 is 29.3 Å². The van der Waals surface area contributed by atoms with Crippen molar-refractivity contribution in [2.75, 3.05) is 23.4 Å². The Morgan fingerprint density at radius 3 is 2.70 bits per heavy atom. The number of rotatable bonds is 6. The summed E-state index contributed by atoms with van der Waals surface area (Å²) < 4.78 is 5.07. The fourth-order valence-electron chi connectivity index (χ4n) is 3.25. The number of hydrogen-bond acceptors (Lipinski definition) is 6. The number of nitrogens with one attached hydrogen (secondary N) is 1. The summed E-state index contributed by atoms with van der Waals surface area (Å²) in [6, 6.07) is 11.7. The first kappa shape index (κ1) is 21.0. The van der Waals surface area contributed by atoms with Crippen molar-refractivity contribution < 1.29 is 24.0 Å². The highest BCUT2D eigenvalue weighted by atomic mass is 16.6. The van der Waals surface area contributed by atoms with Gasteiger partial charge in [-0.3, -0.25) is 24.5 Å². The number of aryl methyl sites for hydroxylation is 2. The van der Waals surface area contributed by atoms with Gasteiger partial charge in [0, 0.05) is 30.3 Å². The summed E-state index contributed by atoms with van der Waals surface area (Å²) in [7, 11) is 0. The van der Waals surface area contributed by atoms with Crippen LogP contribution in [0.5, 0.6) is 0 Å². The van der Waals surface area contributed by atoms with Gasteiger partial charge in [0.25, 0.3) is 11.6 Å². The van der Waals surface area contributed by atoms with Crippen LogP contribution >= 0.6 is 0 Å². The van der Waals surface area contributed by atoms with Gasteiger partial charge in [-0.15, -0.1) is 0 Å². The second-order valence-corrected chi connectivity index (χ2v) is 7.16. The Balaban J connectivity index is 1.58. The zero-order chi connectivity index (χ0) is 21.8. The number of hydrogen-bond donors (Lipinski definition) is 1. The molecule has 1 atom stereocenters. The Morgan fingerprint density at radius 2 is 2.00 bits per heavy atom. The molecule has 1 saturated heterocycles. The van der Waals surface area contributed by atoms with E-state index in [-0.39, 0.29) is 24.6 Å². The maximum absolute atomic E-state index is 12.3. The van der Waals surface area contributed by atoms with Gasteiger partial charge in [0.2, 0.25) is 5.91 Å². The average molecular weight is 411 g/mol. The van der Waals surface area contributed by atoms with E-state index in [2.05, 4.69) is 5.32 Å². The van der Waals surface area contributed by atoms with E-state index in [9.17, 15) is 24.5 Å². The Morgan fingerprint density at radius 1 is 1.23 bits per heavy atom. The van der Waals surface area contributed by atoms with Gasteiger partial charge in [0.1, 0.15) is 0 Å². The molecule has 1 aliphatic heterocycles. The Hall–Kier alpha value is -3.75. The second kappa shape index (κ2) is 8.73. The molecule has 1 aliphatic rings. The van der Waals surface area contributed by atoms with E-state index in [0.29, 0.717) is 16.9 Å². The van der Waals surface area contributed by atoms with E-state index in [1.54, 1.807) is 37.3 Å². The van der Waals surface area contributed by atoms with Gasteiger partial charge in [-0.1, -0.05) is 18.2 Å². The number of carbonyl (C=O) groups is 3. The number of nitro benzene ring substituents is 1. The fourth-order valence-corrected chi connectivity index (χ4v) is 3.25. The molecule has 2 amide bonds. The summed E-state index contributed by atoms with van der Waals surface area (Å²) in [5.74, 6) is -2.22. The second-order valence-electron chi connectivity index (χ2n) is 7.16. The van der Waals surface area contributed by atoms with Gasteiger partial charge in [0.05, 0.1) is 16.5 Å². The molecule has 0 radical (unpaired) electrons. The molecule has 156 valence electrons. The van der Waals surface area contributed by atoms with E-state index in [4.69, 9.17) is 4.74 Å². The maximum atomic E-state index is 12.3. The lowest BCUT2D eigenvalue weighted by atomic mass is 10.1. The van der Waals surface area contributed by atoms with Crippen LogP contribution in [-0.4, -0.2) is 35.9 Å². The molecular weight excluding hydrogens is 390 g/mol. The molecule has 9 nitrogen and oxygen atoms in total. The highest BCUT2D eigenvalue weighted by Gasteiger charge is 2.37. The van der Waals surface area contributed by atoms with Crippen molar-refractivity contribution in [3.05, 3.63) is 63.7 Å². The molecule has 1 heterocycles. The molecule has 3 rings (SSSR count). The summed E-state index contributed by atoms with van der Waals surface area (Å²) in [6.45, 7) is 3.07. The van der Waals surface area contributed by atoms with E-state index >= 15 is 0 Å². The SMILES string of the molecule is Cc1cccc(NC(=O)COC(=O)[C@@H]2CC(=O)N(c3ccc(C)c([N+](=O)[O-])c3)C2)c1. The number of nitrogens with zero attached hydrogens (tertiary/aromatic N) is 2. The van der Waals surface area contributed by atoms with Gasteiger partial charge in [-0.25, -0.2) is 0 Å². The van der Waals surface area contributed by atoms with Gasteiger partial charge < -0.3 is 15.0 Å². The van der Waals surface area contributed by atoms with Crippen molar-refractivity contribution >= 4 is 34.8 Å². The lowest BCUT2D eigenvalue weighted by Gasteiger charge is -2.16. The first-order chi connectivity index (χ1) is 14.2. The molecule has 2 aromatic rings. The molecule has 0 unspecified atom stereocenters. The number of carbonyl (C=O) groups excluding carboxylic acids is 3. The number of benzene rings is 2. The average Bonchev–Trinajstić information content (AvgIpc) is 3.08. The zero-order valence-electron chi connectivity index (χ0n) is 16.6. The summed E-state index contributed by atoms with van der Waals surface area (Å²) in [5.41, 5.74) is 2.31. The van der Waals surface area contributed by atoms with Crippen molar-refractivity contribution in [3.63, 3.8) is 0 Å². The molecule has 30 heavy (non-hydrogen) atoms. The summed E-state index contributed by atoms with van der Waals surface area (Å²) in [5, 5.41) is 13.8. The van der Waals surface area contributed by atoms with Crippen LogP contribution in [0.4, 0.5) is 17.1 Å². The van der Waals surface area contributed by atoms with Crippen LogP contribution in [0.3, 0.4) is 0 Å². The number of nitro groups is 1. The fraction of sp³-hybridized carbons (Fsp3) is 0.286. The lowest BCUT2D eigenvalue weighted by Crippen LogP contribution is -2.28. The van der Waals surface area contributed by atoms with Crippen LogP contribution in [0.15, 0.2) is 42.5 Å². The monoisotopic (exact) mass is 411 g/mol.